The second kappa shape index (κ2) is 12.6. The van der Waals surface area contributed by atoms with Crippen molar-refractivity contribution in [3.63, 3.8) is 0 Å². The lowest BCUT2D eigenvalue weighted by Crippen LogP contribution is -2.34. The summed E-state index contributed by atoms with van der Waals surface area (Å²) in [6, 6.07) is 6.59. The van der Waals surface area contributed by atoms with E-state index < -0.39 is 0 Å². The minimum atomic E-state index is -0.388. The maximum atomic E-state index is 11.4. The molecule has 1 aliphatic rings. The highest BCUT2D eigenvalue weighted by atomic mass is 32.2. The predicted molar refractivity (Wildman–Crippen MR) is 108 cm³/mol. The predicted octanol–water partition coefficient (Wildman–Crippen LogP) is 5.75. The van der Waals surface area contributed by atoms with Gasteiger partial charge in [0, 0.05) is 30.1 Å². The van der Waals surface area contributed by atoms with Gasteiger partial charge in [0.25, 0.3) is 5.69 Å². The second-order valence-corrected chi connectivity index (χ2v) is 7.70. The molecular weight excluding hydrogens is 352 g/mol. The molecule has 6 nitrogen and oxygen atoms in total. The summed E-state index contributed by atoms with van der Waals surface area (Å²) < 4.78 is 5.21. The van der Waals surface area contributed by atoms with Crippen LogP contribution in [0.5, 0.6) is 0 Å². The number of hydrogen-bond donors (Lipinski definition) is 0. The van der Waals surface area contributed by atoms with E-state index in [-0.39, 0.29) is 22.3 Å². The highest BCUT2D eigenvalue weighted by Crippen LogP contribution is 2.20. The molecule has 1 fully saturated rings. The minimum Gasteiger partial charge on any atom is -0.444 e. The Kier molecular flexibility index (Phi) is 11.7. The molecule has 0 bridgehead atoms. The molecule has 1 aromatic rings. The maximum Gasteiger partial charge on any atom is 0.410 e. The molecule has 0 aromatic heterocycles. The van der Waals surface area contributed by atoms with Crippen LogP contribution in [0, 0.1) is 10.1 Å². The van der Waals surface area contributed by atoms with Gasteiger partial charge in [-0.25, -0.2) is 4.79 Å². The Morgan fingerprint density at radius 1 is 1.19 bits per heavy atom. The summed E-state index contributed by atoms with van der Waals surface area (Å²) in [6.45, 7) is 13.4. The van der Waals surface area contributed by atoms with Crippen LogP contribution in [-0.4, -0.2) is 40.4 Å². The lowest BCUT2D eigenvalue weighted by Gasteiger charge is -2.23. The summed E-state index contributed by atoms with van der Waals surface area (Å²) in [4.78, 5) is 24.1. The van der Waals surface area contributed by atoms with E-state index in [2.05, 4.69) is 0 Å². The fourth-order valence-corrected chi connectivity index (χ4v) is 2.72. The van der Waals surface area contributed by atoms with Gasteiger partial charge in [-0.3, -0.25) is 10.1 Å². The smallest absolute Gasteiger partial charge is 0.410 e. The van der Waals surface area contributed by atoms with Gasteiger partial charge in [-0.15, -0.1) is 11.8 Å². The number of hydrogen-bond acceptors (Lipinski definition) is 5. The number of thioether (sulfide) groups is 1. The third-order valence-corrected chi connectivity index (χ3v) is 4.01. The number of nitro groups is 1. The van der Waals surface area contributed by atoms with Crippen molar-refractivity contribution in [3.05, 3.63) is 34.4 Å². The first-order chi connectivity index (χ1) is 12.2. The van der Waals surface area contributed by atoms with Crippen LogP contribution in [0.3, 0.4) is 0 Å². The lowest BCUT2D eigenvalue weighted by molar-refractivity contribution is -0.384. The number of amides is 1. The second-order valence-electron chi connectivity index (χ2n) is 6.36. The quantitative estimate of drug-likeness (QED) is 0.377. The van der Waals surface area contributed by atoms with Crippen molar-refractivity contribution in [2.45, 2.75) is 64.9 Å². The molecule has 1 amide bonds. The number of carbonyl (C=O) groups is 1. The first kappa shape index (κ1) is 24.2. The highest BCUT2D eigenvalue weighted by molar-refractivity contribution is 7.99. The van der Waals surface area contributed by atoms with Crippen LogP contribution < -0.4 is 0 Å². The van der Waals surface area contributed by atoms with Crippen LogP contribution in [0.25, 0.3) is 0 Å². The van der Waals surface area contributed by atoms with E-state index in [1.54, 1.807) is 28.8 Å². The Morgan fingerprint density at radius 3 is 2.08 bits per heavy atom. The summed E-state index contributed by atoms with van der Waals surface area (Å²) in [7, 11) is 0. The minimum absolute atomic E-state index is 0.149. The van der Waals surface area contributed by atoms with Gasteiger partial charge in [0.15, 0.2) is 0 Å². The van der Waals surface area contributed by atoms with E-state index in [0.717, 1.165) is 36.6 Å². The van der Waals surface area contributed by atoms with Gasteiger partial charge >= 0.3 is 6.09 Å². The number of nitrogens with zero attached hydrogens (tertiary/aromatic N) is 2. The van der Waals surface area contributed by atoms with Crippen molar-refractivity contribution >= 4 is 23.5 Å². The normalized spacial score (nSPS) is 13.1. The molecular formula is C19H32N2O4S. The van der Waals surface area contributed by atoms with E-state index in [1.165, 1.54) is 12.1 Å². The standard InChI is InChI=1S/C9H17NO2.C8H9NO2S.C2H6/c1-9(2,3)12-8(11)10-6-4-5-7-10;1-2-12-8-5-3-7(4-6-8)9(10)11;1-2/h4-7H2,1-3H3;3-6H,2H2,1H3;1-2H3. The fourth-order valence-electron chi connectivity index (χ4n) is 2.06. The Balaban J connectivity index is 0.000000439. The number of rotatable bonds is 3. The van der Waals surface area contributed by atoms with Crippen LogP contribution in [0.15, 0.2) is 29.2 Å². The van der Waals surface area contributed by atoms with E-state index >= 15 is 0 Å². The molecule has 0 radical (unpaired) electrons. The largest absolute Gasteiger partial charge is 0.444 e. The molecule has 1 heterocycles. The van der Waals surface area contributed by atoms with Crippen molar-refractivity contribution in [3.8, 4) is 0 Å². The molecule has 0 saturated carbocycles. The molecule has 0 atom stereocenters. The van der Waals surface area contributed by atoms with Crippen LogP contribution in [0.4, 0.5) is 10.5 Å². The Labute approximate surface area is 161 Å². The fraction of sp³-hybridized carbons (Fsp3) is 0.632. The van der Waals surface area contributed by atoms with Gasteiger partial charge in [-0.1, -0.05) is 20.8 Å². The summed E-state index contributed by atoms with van der Waals surface area (Å²) in [5, 5.41) is 10.3. The number of benzene rings is 1. The molecule has 1 aromatic carbocycles. The lowest BCUT2D eigenvalue weighted by atomic mass is 10.2. The molecule has 2 rings (SSSR count). The van der Waals surface area contributed by atoms with Gasteiger partial charge in [-0.05, 0) is 51.5 Å². The van der Waals surface area contributed by atoms with E-state index in [0.29, 0.717) is 0 Å². The zero-order chi connectivity index (χ0) is 20.2. The van der Waals surface area contributed by atoms with Gasteiger partial charge in [0.1, 0.15) is 5.60 Å². The average molecular weight is 385 g/mol. The zero-order valence-electron chi connectivity index (χ0n) is 16.8. The Bertz CT molecular complexity index is 535. The van der Waals surface area contributed by atoms with Crippen LogP contribution >= 0.6 is 11.8 Å². The number of nitro benzene ring substituents is 1. The van der Waals surface area contributed by atoms with Crippen molar-refractivity contribution in [2.75, 3.05) is 18.8 Å². The molecule has 148 valence electrons. The van der Waals surface area contributed by atoms with Crippen molar-refractivity contribution in [2.24, 2.45) is 0 Å². The first-order valence-corrected chi connectivity index (χ1v) is 10.1. The van der Waals surface area contributed by atoms with Crippen molar-refractivity contribution in [1.82, 2.24) is 4.90 Å². The summed E-state index contributed by atoms with van der Waals surface area (Å²) in [5.41, 5.74) is -0.213. The number of ether oxygens (including phenoxy) is 1. The molecule has 1 saturated heterocycles. The summed E-state index contributed by atoms with van der Waals surface area (Å²) in [6.07, 6.45) is 2.05. The molecule has 1 aliphatic heterocycles. The number of non-ortho nitro benzene ring substituents is 1. The first-order valence-electron chi connectivity index (χ1n) is 9.08. The van der Waals surface area contributed by atoms with E-state index in [1.807, 2.05) is 41.5 Å². The maximum absolute atomic E-state index is 11.4. The molecule has 7 heteroatoms. The molecule has 0 unspecified atom stereocenters. The molecule has 0 N–H and O–H groups in total. The molecule has 0 spiro atoms. The van der Waals surface area contributed by atoms with Crippen LogP contribution in [0.1, 0.15) is 54.4 Å². The van der Waals surface area contributed by atoms with Gasteiger partial charge in [0.05, 0.1) is 4.92 Å². The van der Waals surface area contributed by atoms with Crippen molar-refractivity contribution < 1.29 is 14.5 Å². The van der Waals surface area contributed by atoms with E-state index in [4.69, 9.17) is 4.74 Å². The van der Waals surface area contributed by atoms with E-state index in [9.17, 15) is 14.9 Å². The van der Waals surface area contributed by atoms with Crippen LogP contribution in [0.2, 0.25) is 0 Å². The zero-order valence-corrected chi connectivity index (χ0v) is 17.6. The number of carbonyl (C=O) groups excluding carboxylic acids is 1. The third kappa shape index (κ3) is 10.3. The third-order valence-electron chi connectivity index (χ3n) is 3.12. The molecule has 0 aliphatic carbocycles. The summed E-state index contributed by atoms with van der Waals surface area (Å²) in [5.74, 6) is 0.984. The summed E-state index contributed by atoms with van der Waals surface area (Å²) >= 11 is 1.67. The Hall–Kier alpha value is -1.76. The Morgan fingerprint density at radius 2 is 1.69 bits per heavy atom. The van der Waals surface area contributed by atoms with Gasteiger partial charge in [0.2, 0.25) is 0 Å². The van der Waals surface area contributed by atoms with Gasteiger partial charge < -0.3 is 9.64 Å². The molecule has 26 heavy (non-hydrogen) atoms. The highest BCUT2D eigenvalue weighted by Gasteiger charge is 2.23. The average Bonchev–Trinajstić information content (AvgIpc) is 3.11. The topological polar surface area (TPSA) is 72.7 Å². The SMILES string of the molecule is CC.CC(C)(C)OC(=O)N1CCCC1.CCSc1ccc([N+](=O)[O-])cc1. The monoisotopic (exact) mass is 384 g/mol. The number of likely N-dealkylation sites (tertiary alicyclic amines) is 1. The van der Waals surface area contributed by atoms with Crippen LogP contribution in [-0.2, 0) is 4.74 Å². The van der Waals surface area contributed by atoms with Crippen molar-refractivity contribution in [1.29, 1.82) is 0 Å². The van der Waals surface area contributed by atoms with Gasteiger partial charge in [-0.2, -0.15) is 0 Å².